The molecule has 0 atom stereocenters. The molecule has 0 aliphatic rings. The topological polar surface area (TPSA) is 54.0 Å². The zero-order chi connectivity index (χ0) is 15.2. The summed E-state index contributed by atoms with van der Waals surface area (Å²) >= 11 is 3.37. The van der Waals surface area contributed by atoms with Gasteiger partial charge in [-0.15, -0.1) is 0 Å². The van der Waals surface area contributed by atoms with Gasteiger partial charge in [0.05, 0.1) is 11.8 Å². The normalized spacial score (nSPS) is 10.2. The molecule has 21 heavy (non-hydrogen) atoms. The lowest BCUT2D eigenvalue weighted by Crippen LogP contribution is -2.24. The van der Waals surface area contributed by atoms with Gasteiger partial charge in [0.1, 0.15) is 11.6 Å². The Kier molecular flexibility index (Phi) is 5.27. The highest BCUT2D eigenvalue weighted by Gasteiger charge is 2.13. The highest BCUT2D eigenvalue weighted by Crippen LogP contribution is 2.15. The largest absolute Gasteiger partial charge is 0.370 e. The number of anilines is 1. The van der Waals surface area contributed by atoms with E-state index in [2.05, 4.69) is 31.5 Å². The van der Waals surface area contributed by atoms with Gasteiger partial charge >= 0.3 is 0 Å². The van der Waals surface area contributed by atoms with Crippen LogP contribution in [0.2, 0.25) is 0 Å². The number of benzene rings is 1. The Hall–Kier alpha value is -1.95. The Bertz CT molecular complexity index is 649. The number of rotatable bonds is 5. The van der Waals surface area contributed by atoms with Crippen molar-refractivity contribution in [3.8, 4) is 0 Å². The van der Waals surface area contributed by atoms with E-state index in [1.54, 1.807) is 0 Å². The molecule has 1 aromatic heterocycles. The van der Waals surface area contributed by atoms with Gasteiger partial charge in [0.2, 0.25) is 0 Å². The quantitative estimate of drug-likeness (QED) is 0.868. The summed E-state index contributed by atoms with van der Waals surface area (Å²) in [5, 5.41) is 5.71. The van der Waals surface area contributed by atoms with Crippen molar-refractivity contribution in [1.29, 1.82) is 0 Å². The molecule has 0 aliphatic carbocycles. The van der Waals surface area contributed by atoms with Gasteiger partial charge in [-0.05, 0) is 30.7 Å². The van der Waals surface area contributed by atoms with E-state index in [-0.39, 0.29) is 11.5 Å². The maximum absolute atomic E-state index is 13.3. The van der Waals surface area contributed by atoms with Gasteiger partial charge in [-0.25, -0.2) is 9.37 Å². The molecule has 1 amide bonds. The number of hydrogen-bond acceptors (Lipinski definition) is 3. The van der Waals surface area contributed by atoms with Crippen LogP contribution >= 0.6 is 15.9 Å². The fourth-order valence-corrected chi connectivity index (χ4v) is 2.29. The summed E-state index contributed by atoms with van der Waals surface area (Å²) in [7, 11) is 0. The fourth-order valence-electron chi connectivity index (χ4n) is 1.85. The van der Waals surface area contributed by atoms with Crippen molar-refractivity contribution in [2.45, 2.75) is 13.5 Å². The van der Waals surface area contributed by atoms with Crippen LogP contribution in [0, 0.1) is 5.82 Å². The Labute approximate surface area is 130 Å². The van der Waals surface area contributed by atoms with Gasteiger partial charge in [-0.1, -0.05) is 28.1 Å². The maximum atomic E-state index is 13.3. The first-order valence-corrected chi connectivity index (χ1v) is 7.31. The van der Waals surface area contributed by atoms with Crippen molar-refractivity contribution < 1.29 is 9.18 Å². The molecule has 6 heteroatoms. The minimum atomic E-state index is -0.538. The molecule has 0 aliphatic heterocycles. The molecule has 2 N–H and O–H groups in total. The summed E-state index contributed by atoms with van der Waals surface area (Å²) in [6.07, 6.45) is 1.09. The molecular weight excluding hydrogens is 337 g/mol. The molecule has 0 spiro atoms. The molecule has 0 radical (unpaired) electrons. The third kappa shape index (κ3) is 4.26. The number of nitrogens with zero attached hydrogens (tertiary/aromatic N) is 1. The predicted octanol–water partition coefficient (Wildman–Crippen LogP) is 3.35. The lowest BCUT2D eigenvalue weighted by Gasteiger charge is -2.10. The van der Waals surface area contributed by atoms with Crippen molar-refractivity contribution in [3.63, 3.8) is 0 Å². The van der Waals surface area contributed by atoms with Crippen LogP contribution in [0.5, 0.6) is 0 Å². The van der Waals surface area contributed by atoms with Crippen LogP contribution in [-0.4, -0.2) is 17.4 Å². The Morgan fingerprint density at radius 2 is 2.19 bits per heavy atom. The van der Waals surface area contributed by atoms with Crippen LogP contribution in [0.25, 0.3) is 0 Å². The zero-order valence-electron chi connectivity index (χ0n) is 11.5. The second kappa shape index (κ2) is 7.17. The van der Waals surface area contributed by atoms with Crippen LogP contribution in [0.1, 0.15) is 22.8 Å². The zero-order valence-corrected chi connectivity index (χ0v) is 13.1. The number of halogens is 2. The van der Waals surface area contributed by atoms with E-state index in [1.807, 2.05) is 31.2 Å². The van der Waals surface area contributed by atoms with Gasteiger partial charge in [-0.3, -0.25) is 4.79 Å². The number of carbonyl (C=O) groups excluding carboxylic acids is 1. The smallest absolute Gasteiger partial charge is 0.255 e. The summed E-state index contributed by atoms with van der Waals surface area (Å²) < 4.78 is 14.2. The summed E-state index contributed by atoms with van der Waals surface area (Å²) in [5.41, 5.74) is 1.15. The molecule has 4 nitrogen and oxygen atoms in total. The SMILES string of the molecule is CCNc1ncc(F)cc1C(=O)NCc1cccc(Br)c1. The van der Waals surface area contributed by atoms with E-state index in [9.17, 15) is 9.18 Å². The average molecular weight is 352 g/mol. The van der Waals surface area contributed by atoms with Crippen LogP contribution in [0.15, 0.2) is 41.0 Å². The molecule has 2 rings (SSSR count). The van der Waals surface area contributed by atoms with E-state index >= 15 is 0 Å². The standard InChI is InChI=1S/C15H15BrFN3O/c1-2-18-14-13(7-12(17)9-19-14)15(21)20-8-10-4-3-5-11(16)6-10/h3-7,9H,2,8H2,1H3,(H,18,19)(H,20,21). The highest BCUT2D eigenvalue weighted by molar-refractivity contribution is 9.10. The van der Waals surface area contributed by atoms with Crippen LogP contribution in [0.3, 0.4) is 0 Å². The van der Waals surface area contributed by atoms with Crippen molar-refractivity contribution in [1.82, 2.24) is 10.3 Å². The van der Waals surface area contributed by atoms with Crippen LogP contribution in [0.4, 0.5) is 10.2 Å². The second-order valence-corrected chi connectivity index (χ2v) is 5.31. The first-order valence-electron chi connectivity index (χ1n) is 6.52. The van der Waals surface area contributed by atoms with E-state index in [0.29, 0.717) is 18.9 Å². The molecule has 110 valence electrons. The van der Waals surface area contributed by atoms with Crippen molar-refractivity contribution in [2.24, 2.45) is 0 Å². The number of pyridine rings is 1. The van der Waals surface area contributed by atoms with Crippen molar-refractivity contribution in [2.75, 3.05) is 11.9 Å². The second-order valence-electron chi connectivity index (χ2n) is 4.39. The number of amides is 1. The molecule has 0 saturated heterocycles. The fraction of sp³-hybridized carbons (Fsp3) is 0.200. The summed E-state index contributed by atoms with van der Waals surface area (Å²) in [4.78, 5) is 16.1. The van der Waals surface area contributed by atoms with Crippen molar-refractivity contribution in [3.05, 3.63) is 57.9 Å². The Morgan fingerprint density at radius 3 is 2.90 bits per heavy atom. The first kappa shape index (κ1) is 15.4. The van der Waals surface area contributed by atoms with Crippen molar-refractivity contribution >= 4 is 27.7 Å². The van der Waals surface area contributed by atoms with E-state index < -0.39 is 5.82 Å². The van der Waals surface area contributed by atoms with Gasteiger partial charge in [0.15, 0.2) is 0 Å². The van der Waals surface area contributed by atoms with Gasteiger partial charge < -0.3 is 10.6 Å². The predicted molar refractivity (Wildman–Crippen MR) is 83.7 cm³/mol. The summed E-state index contributed by atoms with van der Waals surface area (Å²) in [6, 6.07) is 8.79. The third-order valence-electron chi connectivity index (χ3n) is 2.79. The third-order valence-corrected chi connectivity index (χ3v) is 3.28. The number of nitrogens with one attached hydrogen (secondary N) is 2. The summed E-state index contributed by atoms with van der Waals surface area (Å²) in [5.74, 6) is -0.521. The molecule has 0 saturated carbocycles. The molecule has 0 unspecified atom stereocenters. The Morgan fingerprint density at radius 1 is 1.38 bits per heavy atom. The highest BCUT2D eigenvalue weighted by atomic mass is 79.9. The van der Waals surface area contributed by atoms with Gasteiger partial charge in [0.25, 0.3) is 5.91 Å². The molecule has 1 aromatic carbocycles. The number of carbonyl (C=O) groups is 1. The average Bonchev–Trinajstić information content (AvgIpc) is 2.47. The summed E-state index contributed by atoms with van der Waals surface area (Å²) in [6.45, 7) is 2.85. The molecule has 0 fully saturated rings. The minimum absolute atomic E-state index is 0.201. The van der Waals surface area contributed by atoms with Gasteiger partial charge in [-0.2, -0.15) is 0 Å². The molecule has 1 heterocycles. The monoisotopic (exact) mass is 351 g/mol. The number of hydrogen-bond donors (Lipinski definition) is 2. The molecule has 2 aromatic rings. The Balaban J connectivity index is 2.11. The van der Waals surface area contributed by atoms with Crippen LogP contribution < -0.4 is 10.6 Å². The molecule has 0 bridgehead atoms. The van der Waals surface area contributed by atoms with Crippen LogP contribution in [-0.2, 0) is 6.54 Å². The first-order chi connectivity index (χ1) is 10.1. The lowest BCUT2D eigenvalue weighted by atomic mass is 10.2. The maximum Gasteiger partial charge on any atom is 0.255 e. The number of aromatic nitrogens is 1. The van der Waals surface area contributed by atoms with E-state index in [1.165, 1.54) is 6.07 Å². The molecular formula is C15H15BrFN3O. The van der Waals surface area contributed by atoms with E-state index in [4.69, 9.17) is 0 Å². The van der Waals surface area contributed by atoms with E-state index in [0.717, 1.165) is 16.2 Å². The lowest BCUT2D eigenvalue weighted by molar-refractivity contribution is 0.0951. The van der Waals surface area contributed by atoms with Gasteiger partial charge in [0, 0.05) is 17.6 Å². The minimum Gasteiger partial charge on any atom is -0.370 e.